The van der Waals surface area contributed by atoms with E-state index in [2.05, 4.69) is 43.5 Å². The lowest BCUT2D eigenvalue weighted by Crippen LogP contribution is -2.60. The highest BCUT2D eigenvalue weighted by Crippen LogP contribution is 2.23. The smallest absolute Gasteiger partial charge is 0.249 e. The van der Waals surface area contributed by atoms with Crippen LogP contribution in [0.3, 0.4) is 0 Å². The summed E-state index contributed by atoms with van der Waals surface area (Å²) in [4.78, 5) is 13.0. The third-order valence-corrected chi connectivity index (χ3v) is 10.2. The molecule has 11 nitrogen and oxygen atoms in total. The number of rotatable bonds is 34. The van der Waals surface area contributed by atoms with Gasteiger partial charge in [-0.25, -0.2) is 0 Å². The van der Waals surface area contributed by atoms with E-state index in [0.717, 1.165) is 38.5 Å². The molecule has 1 heterocycles. The van der Waals surface area contributed by atoms with Gasteiger partial charge in [0.2, 0.25) is 5.91 Å². The van der Waals surface area contributed by atoms with E-state index in [1.54, 1.807) is 0 Å². The molecule has 1 amide bonds. The van der Waals surface area contributed by atoms with Gasteiger partial charge in [0.1, 0.15) is 36.6 Å². The molecule has 0 bridgehead atoms. The van der Waals surface area contributed by atoms with Gasteiger partial charge in [-0.15, -0.1) is 0 Å². The largest absolute Gasteiger partial charge is 0.394 e. The number of amides is 1. The summed E-state index contributed by atoms with van der Waals surface area (Å²) in [6, 6.07) is -1.18. The summed E-state index contributed by atoms with van der Waals surface area (Å²) >= 11 is 0. The first-order valence-corrected chi connectivity index (χ1v) is 21.2. The van der Waals surface area contributed by atoms with Crippen molar-refractivity contribution in [3.05, 3.63) is 24.3 Å². The van der Waals surface area contributed by atoms with Gasteiger partial charge >= 0.3 is 0 Å². The second kappa shape index (κ2) is 32.8. The zero-order valence-corrected chi connectivity index (χ0v) is 33.2. The molecule has 0 aromatic heterocycles. The highest BCUT2D eigenvalue weighted by molar-refractivity contribution is 5.80. The van der Waals surface area contributed by atoms with Crippen molar-refractivity contribution in [3.63, 3.8) is 0 Å². The Kier molecular flexibility index (Phi) is 30.7. The van der Waals surface area contributed by atoms with Crippen molar-refractivity contribution in [1.82, 2.24) is 5.32 Å². The summed E-state index contributed by atoms with van der Waals surface area (Å²) in [7, 11) is 0. The fourth-order valence-electron chi connectivity index (χ4n) is 6.63. The number of aliphatic hydroxyl groups excluding tert-OH is 7. The SMILES string of the molecule is CCCCC/C=C/CC/C=C/CCCC(O)C(O)C(COC1OC(CO)C(O)C(O)C1O)NC(=O)C(O)CCCCCCCCCCCCCCCC. The summed E-state index contributed by atoms with van der Waals surface area (Å²) < 4.78 is 11.0. The van der Waals surface area contributed by atoms with Gasteiger partial charge in [0.15, 0.2) is 6.29 Å². The van der Waals surface area contributed by atoms with Crippen LogP contribution in [0.25, 0.3) is 0 Å². The molecular weight excluding hydrogens is 678 g/mol. The second-order valence-corrected chi connectivity index (χ2v) is 15.1. The topological polar surface area (TPSA) is 189 Å². The van der Waals surface area contributed by atoms with Gasteiger partial charge in [-0.2, -0.15) is 0 Å². The van der Waals surface area contributed by atoms with Gasteiger partial charge in [0, 0.05) is 0 Å². The van der Waals surface area contributed by atoms with E-state index in [1.165, 1.54) is 83.5 Å². The van der Waals surface area contributed by atoms with Crippen molar-refractivity contribution in [2.45, 2.75) is 223 Å². The molecule has 8 N–H and O–H groups in total. The first-order valence-electron chi connectivity index (χ1n) is 21.2. The molecule has 0 aromatic carbocycles. The van der Waals surface area contributed by atoms with Gasteiger partial charge in [-0.05, 0) is 51.4 Å². The summed E-state index contributed by atoms with van der Waals surface area (Å²) in [5.74, 6) is -0.712. The van der Waals surface area contributed by atoms with Gasteiger partial charge in [-0.3, -0.25) is 4.79 Å². The van der Waals surface area contributed by atoms with Crippen LogP contribution < -0.4 is 5.32 Å². The van der Waals surface area contributed by atoms with Gasteiger partial charge in [0.25, 0.3) is 0 Å². The zero-order valence-electron chi connectivity index (χ0n) is 33.2. The Balaban J connectivity index is 2.54. The second-order valence-electron chi connectivity index (χ2n) is 15.1. The molecule has 1 aliphatic heterocycles. The fourth-order valence-corrected chi connectivity index (χ4v) is 6.63. The van der Waals surface area contributed by atoms with Crippen LogP contribution in [-0.2, 0) is 14.3 Å². The van der Waals surface area contributed by atoms with Crippen LogP contribution in [0.15, 0.2) is 24.3 Å². The Morgan fingerprint density at radius 2 is 1.13 bits per heavy atom. The number of nitrogens with one attached hydrogen (secondary N) is 1. The molecule has 0 aromatic rings. The van der Waals surface area contributed by atoms with Crippen LogP contribution >= 0.6 is 0 Å². The van der Waals surface area contributed by atoms with E-state index < -0.39 is 74.2 Å². The molecular formula is C42H79NO10. The fraction of sp³-hybridized carbons (Fsp3) is 0.881. The predicted octanol–water partition coefficient (Wildman–Crippen LogP) is 5.89. The maximum absolute atomic E-state index is 13.0. The van der Waals surface area contributed by atoms with Crippen LogP contribution in [0.4, 0.5) is 0 Å². The quantitative estimate of drug-likeness (QED) is 0.0291. The van der Waals surface area contributed by atoms with Crippen LogP contribution in [0.1, 0.15) is 168 Å². The average molecular weight is 758 g/mol. The molecule has 0 radical (unpaired) electrons. The normalized spacial score (nSPS) is 23.1. The zero-order chi connectivity index (χ0) is 39.1. The number of unbranched alkanes of at least 4 members (excludes halogenated alkanes) is 18. The maximum atomic E-state index is 13.0. The number of ether oxygens (including phenoxy) is 2. The summed E-state index contributed by atoms with van der Waals surface area (Å²) in [6.07, 6.45) is 22.3. The standard InChI is InChI=1S/C42H79NO10/c1-3-5-7-9-11-13-15-17-18-20-22-24-26-28-30-35(46)41(51)43-33(32-52-42-40(50)39(49)38(48)36(31-44)53-42)37(47)34(45)29-27-25-23-21-19-16-14-12-10-8-6-4-2/h12,14,21,23,33-40,42,44-50H,3-11,13,15-20,22,24-32H2,1-2H3,(H,43,51)/b14-12+,23-21+. The Morgan fingerprint density at radius 3 is 1.68 bits per heavy atom. The molecule has 1 fully saturated rings. The van der Waals surface area contributed by atoms with E-state index in [1.807, 2.05) is 0 Å². The summed E-state index contributed by atoms with van der Waals surface area (Å²) in [5, 5.41) is 75.3. The molecule has 1 rings (SSSR count). The van der Waals surface area contributed by atoms with Gasteiger partial charge in [0.05, 0.1) is 25.4 Å². The molecule has 9 unspecified atom stereocenters. The number of hydrogen-bond acceptors (Lipinski definition) is 10. The lowest BCUT2D eigenvalue weighted by Gasteiger charge is -2.40. The number of carbonyl (C=O) groups excluding carboxylic acids is 1. The molecule has 1 saturated heterocycles. The summed E-state index contributed by atoms with van der Waals surface area (Å²) in [6.45, 7) is 3.36. The maximum Gasteiger partial charge on any atom is 0.249 e. The van der Waals surface area contributed by atoms with Crippen molar-refractivity contribution in [2.75, 3.05) is 13.2 Å². The Bertz CT molecular complexity index is 918. The number of hydrogen-bond donors (Lipinski definition) is 8. The van der Waals surface area contributed by atoms with E-state index in [0.29, 0.717) is 19.3 Å². The monoisotopic (exact) mass is 758 g/mol. The summed E-state index contributed by atoms with van der Waals surface area (Å²) in [5.41, 5.74) is 0. The molecule has 11 heteroatoms. The highest BCUT2D eigenvalue weighted by atomic mass is 16.7. The Labute approximate surface area is 321 Å². The molecule has 0 spiro atoms. The van der Waals surface area contributed by atoms with Crippen molar-refractivity contribution < 1.29 is 50.0 Å². The van der Waals surface area contributed by atoms with E-state index >= 15 is 0 Å². The molecule has 9 atom stereocenters. The lowest BCUT2D eigenvalue weighted by molar-refractivity contribution is -0.303. The molecule has 0 aliphatic carbocycles. The molecule has 53 heavy (non-hydrogen) atoms. The molecule has 312 valence electrons. The van der Waals surface area contributed by atoms with Crippen molar-refractivity contribution in [1.29, 1.82) is 0 Å². The minimum Gasteiger partial charge on any atom is -0.394 e. The Hall–Kier alpha value is -1.41. The van der Waals surface area contributed by atoms with E-state index in [4.69, 9.17) is 9.47 Å². The lowest BCUT2D eigenvalue weighted by atomic mass is 9.98. The van der Waals surface area contributed by atoms with Crippen molar-refractivity contribution in [2.24, 2.45) is 0 Å². The number of aliphatic hydroxyl groups is 7. The van der Waals surface area contributed by atoms with Gasteiger partial charge < -0.3 is 50.5 Å². The van der Waals surface area contributed by atoms with E-state index in [9.17, 15) is 40.5 Å². The first-order chi connectivity index (χ1) is 25.7. The average Bonchev–Trinajstić information content (AvgIpc) is 3.16. The minimum atomic E-state index is -1.67. The van der Waals surface area contributed by atoms with Crippen LogP contribution in [0.5, 0.6) is 0 Å². The molecule has 1 aliphatic rings. The highest BCUT2D eigenvalue weighted by Gasteiger charge is 2.44. The van der Waals surface area contributed by atoms with Crippen LogP contribution in [-0.4, -0.2) is 110 Å². The van der Waals surface area contributed by atoms with Crippen LogP contribution in [0, 0.1) is 0 Å². The van der Waals surface area contributed by atoms with E-state index in [-0.39, 0.29) is 12.8 Å². The number of carbonyl (C=O) groups is 1. The number of allylic oxidation sites excluding steroid dienone is 4. The first kappa shape index (κ1) is 49.6. The van der Waals surface area contributed by atoms with Crippen molar-refractivity contribution in [3.8, 4) is 0 Å². The third kappa shape index (κ3) is 23.3. The van der Waals surface area contributed by atoms with Crippen LogP contribution in [0.2, 0.25) is 0 Å². The molecule has 0 saturated carbocycles. The Morgan fingerprint density at radius 1 is 0.642 bits per heavy atom. The predicted molar refractivity (Wildman–Crippen MR) is 210 cm³/mol. The third-order valence-electron chi connectivity index (χ3n) is 10.2. The minimum absolute atomic E-state index is 0.247. The van der Waals surface area contributed by atoms with Gasteiger partial charge in [-0.1, -0.05) is 141 Å². The van der Waals surface area contributed by atoms with Crippen molar-refractivity contribution >= 4 is 5.91 Å².